The zero-order valence-corrected chi connectivity index (χ0v) is 14.3. The van der Waals surface area contributed by atoms with E-state index in [1.54, 1.807) is 0 Å². The van der Waals surface area contributed by atoms with Gasteiger partial charge in [0.2, 0.25) is 0 Å². The van der Waals surface area contributed by atoms with Crippen molar-refractivity contribution in [3.8, 4) is 0 Å². The molecule has 0 aliphatic carbocycles. The van der Waals surface area contributed by atoms with Gasteiger partial charge in [0.15, 0.2) is 0 Å². The van der Waals surface area contributed by atoms with Crippen LogP contribution in [0.15, 0.2) is 16.6 Å². The number of hydrogen-bond acceptors (Lipinski definition) is 2. The summed E-state index contributed by atoms with van der Waals surface area (Å²) in [6.07, 6.45) is 3.13. The van der Waals surface area contributed by atoms with E-state index in [2.05, 4.69) is 37.4 Å². The SMILES string of the molecule is CN1CCCC1Cn1c(CCCl)nc2cc(F)c(Br)cc21. The zero-order chi connectivity index (χ0) is 15.0. The molecule has 3 rings (SSSR count). The maximum atomic E-state index is 13.7. The molecule has 114 valence electrons. The summed E-state index contributed by atoms with van der Waals surface area (Å²) in [5.74, 6) is 1.19. The molecule has 0 bridgehead atoms. The van der Waals surface area contributed by atoms with E-state index in [0.29, 0.717) is 28.3 Å². The molecule has 1 aromatic heterocycles. The summed E-state index contributed by atoms with van der Waals surface area (Å²) in [5, 5.41) is 0. The van der Waals surface area contributed by atoms with Gasteiger partial charge in [-0.3, -0.25) is 0 Å². The van der Waals surface area contributed by atoms with Gasteiger partial charge in [0.25, 0.3) is 0 Å². The molecule has 6 heteroatoms. The number of rotatable bonds is 4. The molecular weight excluding hydrogens is 357 g/mol. The monoisotopic (exact) mass is 373 g/mol. The van der Waals surface area contributed by atoms with E-state index in [1.165, 1.54) is 18.9 Å². The minimum absolute atomic E-state index is 0.275. The lowest BCUT2D eigenvalue weighted by Crippen LogP contribution is -2.30. The van der Waals surface area contributed by atoms with E-state index < -0.39 is 0 Å². The number of hydrogen-bond donors (Lipinski definition) is 0. The predicted octanol–water partition coefficient (Wildman–Crippen LogP) is 3.81. The highest BCUT2D eigenvalue weighted by Crippen LogP contribution is 2.26. The van der Waals surface area contributed by atoms with Crippen LogP contribution >= 0.6 is 27.5 Å². The van der Waals surface area contributed by atoms with E-state index in [4.69, 9.17) is 11.6 Å². The van der Waals surface area contributed by atoms with E-state index in [0.717, 1.165) is 24.4 Å². The van der Waals surface area contributed by atoms with Gasteiger partial charge in [-0.05, 0) is 48.4 Å². The second-order valence-corrected chi connectivity index (χ2v) is 6.84. The third kappa shape index (κ3) is 2.96. The molecule has 1 aliphatic heterocycles. The van der Waals surface area contributed by atoms with E-state index in [9.17, 15) is 4.39 Å². The van der Waals surface area contributed by atoms with Crippen molar-refractivity contribution in [2.45, 2.75) is 31.8 Å². The molecular formula is C15H18BrClFN3. The molecule has 1 aliphatic rings. The maximum absolute atomic E-state index is 13.7. The minimum Gasteiger partial charge on any atom is -0.326 e. The molecule has 2 heterocycles. The quantitative estimate of drug-likeness (QED) is 0.759. The zero-order valence-electron chi connectivity index (χ0n) is 12.0. The van der Waals surface area contributed by atoms with Crippen LogP contribution in [0, 0.1) is 5.82 Å². The molecule has 0 spiro atoms. The number of fused-ring (bicyclic) bond motifs is 1. The number of alkyl halides is 1. The maximum Gasteiger partial charge on any atom is 0.139 e. The molecule has 2 aromatic rings. The molecule has 1 unspecified atom stereocenters. The average Bonchev–Trinajstić information content (AvgIpc) is 2.98. The largest absolute Gasteiger partial charge is 0.326 e. The Morgan fingerprint density at radius 3 is 2.95 bits per heavy atom. The Morgan fingerprint density at radius 2 is 2.29 bits per heavy atom. The van der Waals surface area contributed by atoms with Gasteiger partial charge in [0.05, 0.1) is 15.5 Å². The third-order valence-corrected chi connectivity index (χ3v) is 5.05. The fourth-order valence-electron chi connectivity index (χ4n) is 3.07. The fourth-order valence-corrected chi connectivity index (χ4v) is 3.57. The summed E-state index contributed by atoms with van der Waals surface area (Å²) in [4.78, 5) is 6.95. The third-order valence-electron chi connectivity index (χ3n) is 4.25. The summed E-state index contributed by atoms with van der Waals surface area (Å²) in [6, 6.07) is 3.83. The van der Waals surface area contributed by atoms with Crippen molar-refractivity contribution in [3.05, 3.63) is 28.2 Å². The first-order chi connectivity index (χ1) is 10.1. The van der Waals surface area contributed by atoms with E-state index in [1.807, 2.05) is 6.07 Å². The molecule has 1 saturated heterocycles. The first-order valence-electron chi connectivity index (χ1n) is 7.20. The lowest BCUT2D eigenvalue weighted by Gasteiger charge is -2.21. The molecule has 1 aromatic carbocycles. The summed E-state index contributed by atoms with van der Waals surface area (Å²) >= 11 is 9.17. The van der Waals surface area contributed by atoms with Gasteiger partial charge in [-0.1, -0.05) is 0 Å². The summed E-state index contributed by atoms with van der Waals surface area (Å²) in [7, 11) is 2.16. The van der Waals surface area contributed by atoms with Crippen molar-refractivity contribution < 1.29 is 4.39 Å². The first kappa shape index (κ1) is 15.3. The Hall–Kier alpha value is -0.650. The summed E-state index contributed by atoms with van der Waals surface area (Å²) < 4.78 is 16.4. The first-order valence-corrected chi connectivity index (χ1v) is 8.53. The van der Waals surface area contributed by atoms with Crippen molar-refractivity contribution in [1.82, 2.24) is 14.5 Å². The van der Waals surface area contributed by atoms with Crippen LogP contribution in [0.25, 0.3) is 11.0 Å². The Morgan fingerprint density at radius 1 is 1.48 bits per heavy atom. The molecule has 0 amide bonds. The highest BCUT2D eigenvalue weighted by Gasteiger charge is 2.23. The van der Waals surface area contributed by atoms with Gasteiger partial charge >= 0.3 is 0 Å². The van der Waals surface area contributed by atoms with Crippen LogP contribution in [0.2, 0.25) is 0 Å². The molecule has 1 atom stereocenters. The normalized spacial score (nSPS) is 19.7. The number of imidazole rings is 1. The van der Waals surface area contributed by atoms with E-state index >= 15 is 0 Å². The number of likely N-dealkylation sites (tertiary alicyclic amines) is 1. The van der Waals surface area contributed by atoms with Crippen LogP contribution in [-0.4, -0.2) is 40.0 Å². The highest BCUT2D eigenvalue weighted by atomic mass is 79.9. The second-order valence-electron chi connectivity index (χ2n) is 5.61. The molecule has 0 saturated carbocycles. The minimum atomic E-state index is -0.275. The predicted molar refractivity (Wildman–Crippen MR) is 87.5 cm³/mol. The van der Waals surface area contributed by atoms with Crippen LogP contribution in [0.1, 0.15) is 18.7 Å². The fraction of sp³-hybridized carbons (Fsp3) is 0.533. The molecule has 21 heavy (non-hydrogen) atoms. The van der Waals surface area contributed by atoms with Gasteiger partial charge in [0.1, 0.15) is 11.6 Å². The Kier molecular flexibility index (Phi) is 4.52. The van der Waals surface area contributed by atoms with Gasteiger partial charge in [-0.25, -0.2) is 9.37 Å². The Bertz CT molecular complexity index is 658. The van der Waals surface area contributed by atoms with Crippen molar-refractivity contribution >= 4 is 38.6 Å². The number of likely N-dealkylation sites (N-methyl/N-ethyl adjacent to an activating group) is 1. The van der Waals surface area contributed by atoms with Gasteiger partial charge < -0.3 is 9.47 Å². The number of benzene rings is 1. The van der Waals surface area contributed by atoms with Gasteiger partial charge in [-0.15, -0.1) is 11.6 Å². The van der Waals surface area contributed by atoms with Gasteiger partial charge in [0, 0.05) is 31.0 Å². The second kappa shape index (κ2) is 6.23. The average molecular weight is 375 g/mol. The molecule has 1 fully saturated rings. The highest BCUT2D eigenvalue weighted by molar-refractivity contribution is 9.10. The van der Waals surface area contributed by atoms with Crippen LogP contribution in [0.5, 0.6) is 0 Å². The Balaban J connectivity index is 2.04. The number of aromatic nitrogens is 2. The van der Waals surface area contributed by atoms with Crippen LogP contribution in [0.4, 0.5) is 4.39 Å². The van der Waals surface area contributed by atoms with Crippen molar-refractivity contribution in [1.29, 1.82) is 0 Å². The van der Waals surface area contributed by atoms with Crippen LogP contribution in [0.3, 0.4) is 0 Å². The smallest absolute Gasteiger partial charge is 0.139 e. The van der Waals surface area contributed by atoms with Crippen LogP contribution in [-0.2, 0) is 13.0 Å². The van der Waals surface area contributed by atoms with E-state index in [-0.39, 0.29) is 5.82 Å². The van der Waals surface area contributed by atoms with Gasteiger partial charge in [-0.2, -0.15) is 0 Å². The molecule has 0 N–H and O–H groups in total. The molecule has 0 radical (unpaired) electrons. The van der Waals surface area contributed by atoms with Crippen molar-refractivity contribution in [3.63, 3.8) is 0 Å². The topological polar surface area (TPSA) is 21.1 Å². The number of nitrogens with zero attached hydrogens (tertiary/aromatic N) is 3. The lowest BCUT2D eigenvalue weighted by atomic mass is 10.2. The number of aryl methyl sites for hydroxylation is 1. The molecule has 3 nitrogen and oxygen atoms in total. The summed E-state index contributed by atoms with van der Waals surface area (Å²) in [6.45, 7) is 2.03. The standard InChI is InChI=1S/C15H18BrClFN3/c1-20-6-2-3-10(20)9-21-14-7-11(16)12(18)8-13(14)19-15(21)4-5-17/h7-8,10H,2-6,9H2,1H3. The Labute approximate surface area is 137 Å². The lowest BCUT2D eigenvalue weighted by molar-refractivity contribution is 0.282. The van der Waals surface area contributed by atoms with Crippen molar-refractivity contribution in [2.24, 2.45) is 0 Å². The van der Waals surface area contributed by atoms with Crippen molar-refractivity contribution in [2.75, 3.05) is 19.5 Å². The number of halogens is 3. The van der Waals surface area contributed by atoms with Crippen LogP contribution < -0.4 is 0 Å². The summed E-state index contributed by atoms with van der Waals surface area (Å²) in [5.41, 5.74) is 1.68.